The molecule has 0 radical (unpaired) electrons. The summed E-state index contributed by atoms with van der Waals surface area (Å²) in [7, 11) is 0. The van der Waals surface area contributed by atoms with Crippen molar-refractivity contribution in [3.8, 4) is 0 Å². The Morgan fingerprint density at radius 3 is 2.93 bits per heavy atom. The van der Waals surface area contributed by atoms with Crippen molar-refractivity contribution in [3.63, 3.8) is 0 Å². The molecule has 0 spiro atoms. The lowest BCUT2D eigenvalue weighted by Gasteiger charge is -2.05. The van der Waals surface area contributed by atoms with E-state index < -0.39 is 0 Å². The summed E-state index contributed by atoms with van der Waals surface area (Å²) in [5, 5.41) is 0. The third-order valence-electron chi connectivity index (χ3n) is 2.17. The molecule has 0 saturated heterocycles. The number of nitrogens with two attached hydrogens (primary N) is 1. The summed E-state index contributed by atoms with van der Waals surface area (Å²) in [5.74, 6) is 0.132. The van der Waals surface area contributed by atoms with Gasteiger partial charge in [0, 0.05) is 30.4 Å². The molecule has 1 unspecified atom stereocenters. The molecule has 14 heavy (non-hydrogen) atoms. The molecule has 0 saturated carbocycles. The van der Waals surface area contributed by atoms with Gasteiger partial charge in [0.15, 0.2) is 5.78 Å². The number of Topliss-reactive ketones (excluding diaryl/α,β-unsaturated/α-hetero) is 1. The number of aryl methyl sites for hydroxylation is 1. The van der Waals surface area contributed by atoms with Gasteiger partial charge in [0.05, 0.1) is 0 Å². The zero-order valence-electron chi connectivity index (χ0n) is 8.66. The number of nitrogens with zero attached hydrogens (tertiary/aromatic N) is 1. The number of hydrogen-bond donors (Lipinski definition) is 1. The lowest BCUT2D eigenvalue weighted by molar-refractivity contribution is 0.0977. The fraction of sp³-hybridized carbons (Fsp3) is 0.455. The highest BCUT2D eigenvalue weighted by atomic mass is 16.1. The molecule has 1 rings (SSSR count). The van der Waals surface area contributed by atoms with Crippen LogP contribution in [0.4, 0.5) is 0 Å². The van der Waals surface area contributed by atoms with Crippen LogP contribution >= 0.6 is 0 Å². The van der Waals surface area contributed by atoms with Gasteiger partial charge in [0.25, 0.3) is 0 Å². The van der Waals surface area contributed by atoms with E-state index in [0.29, 0.717) is 12.0 Å². The van der Waals surface area contributed by atoms with Crippen molar-refractivity contribution in [2.24, 2.45) is 5.73 Å². The summed E-state index contributed by atoms with van der Waals surface area (Å²) < 4.78 is 0. The van der Waals surface area contributed by atoms with Crippen LogP contribution in [0.15, 0.2) is 18.5 Å². The minimum absolute atomic E-state index is 0.0796. The molecule has 1 heterocycles. The van der Waals surface area contributed by atoms with Crippen molar-refractivity contribution < 1.29 is 4.79 Å². The highest BCUT2D eigenvalue weighted by Crippen LogP contribution is 2.09. The first-order valence-electron chi connectivity index (χ1n) is 4.80. The number of ketones is 1. The Kier molecular flexibility index (Phi) is 3.77. The summed E-state index contributed by atoms with van der Waals surface area (Å²) in [6, 6.07) is 1.93. The average molecular weight is 192 g/mol. The molecule has 0 bridgehead atoms. The second-order valence-corrected chi connectivity index (χ2v) is 3.63. The highest BCUT2D eigenvalue weighted by Gasteiger charge is 2.09. The molecule has 0 aliphatic heterocycles. The molecule has 2 N–H and O–H groups in total. The van der Waals surface area contributed by atoms with Gasteiger partial charge in [-0.3, -0.25) is 9.78 Å². The van der Waals surface area contributed by atoms with E-state index in [1.807, 2.05) is 19.9 Å². The first-order chi connectivity index (χ1) is 6.61. The summed E-state index contributed by atoms with van der Waals surface area (Å²) in [4.78, 5) is 15.6. The summed E-state index contributed by atoms with van der Waals surface area (Å²) >= 11 is 0. The molecule has 76 valence electrons. The van der Waals surface area contributed by atoms with Crippen LogP contribution in [0.2, 0.25) is 0 Å². The molecular weight excluding hydrogens is 176 g/mol. The Morgan fingerprint density at radius 1 is 1.64 bits per heavy atom. The van der Waals surface area contributed by atoms with Crippen molar-refractivity contribution in [3.05, 3.63) is 29.6 Å². The van der Waals surface area contributed by atoms with E-state index in [9.17, 15) is 4.79 Å². The van der Waals surface area contributed by atoms with Gasteiger partial charge in [0.1, 0.15) is 0 Å². The van der Waals surface area contributed by atoms with Crippen LogP contribution in [-0.2, 0) is 0 Å². The van der Waals surface area contributed by atoms with Gasteiger partial charge in [-0.05, 0) is 31.9 Å². The van der Waals surface area contributed by atoms with Gasteiger partial charge in [-0.2, -0.15) is 0 Å². The topological polar surface area (TPSA) is 56.0 Å². The second-order valence-electron chi connectivity index (χ2n) is 3.63. The first-order valence-corrected chi connectivity index (χ1v) is 4.80. The predicted molar refractivity (Wildman–Crippen MR) is 56.2 cm³/mol. The Morgan fingerprint density at radius 2 is 2.36 bits per heavy atom. The third kappa shape index (κ3) is 2.92. The standard InChI is InChI=1S/C11H16N2O/c1-8-5-6-13-7-10(8)11(14)4-3-9(2)12/h5-7,9H,3-4,12H2,1-2H3. The van der Waals surface area contributed by atoms with Gasteiger partial charge in [0.2, 0.25) is 0 Å². The van der Waals surface area contributed by atoms with Crippen LogP contribution < -0.4 is 5.73 Å². The highest BCUT2D eigenvalue weighted by molar-refractivity contribution is 5.97. The third-order valence-corrected chi connectivity index (χ3v) is 2.17. The van der Waals surface area contributed by atoms with Crippen molar-refractivity contribution in [1.82, 2.24) is 4.98 Å². The lowest BCUT2D eigenvalue weighted by atomic mass is 10.0. The van der Waals surface area contributed by atoms with Gasteiger partial charge in [-0.25, -0.2) is 0 Å². The molecular formula is C11H16N2O. The first kappa shape index (κ1) is 10.9. The average Bonchev–Trinajstić information content (AvgIpc) is 2.15. The maximum atomic E-state index is 11.7. The Balaban J connectivity index is 2.65. The number of carbonyl (C=O) groups excluding carboxylic acids is 1. The number of hydrogen-bond acceptors (Lipinski definition) is 3. The van der Waals surface area contributed by atoms with Gasteiger partial charge in [-0.1, -0.05) is 0 Å². The SMILES string of the molecule is Cc1ccncc1C(=O)CCC(C)N. The quantitative estimate of drug-likeness (QED) is 0.739. The number of carbonyl (C=O) groups is 1. The van der Waals surface area contributed by atoms with Crippen molar-refractivity contribution in [1.29, 1.82) is 0 Å². The normalized spacial score (nSPS) is 12.5. The maximum Gasteiger partial charge on any atom is 0.164 e. The smallest absolute Gasteiger partial charge is 0.164 e. The Labute approximate surface area is 84.3 Å². The summed E-state index contributed by atoms with van der Waals surface area (Å²) in [6.07, 6.45) is 4.55. The molecule has 1 aromatic heterocycles. The number of aromatic nitrogens is 1. The lowest BCUT2D eigenvalue weighted by Crippen LogP contribution is -2.16. The summed E-state index contributed by atoms with van der Waals surface area (Å²) in [6.45, 7) is 3.82. The van der Waals surface area contributed by atoms with E-state index in [1.54, 1.807) is 12.4 Å². The van der Waals surface area contributed by atoms with Crippen LogP contribution in [-0.4, -0.2) is 16.8 Å². The van der Waals surface area contributed by atoms with E-state index in [4.69, 9.17) is 5.73 Å². The van der Waals surface area contributed by atoms with E-state index in [1.165, 1.54) is 0 Å². The fourth-order valence-corrected chi connectivity index (χ4v) is 1.25. The molecule has 3 nitrogen and oxygen atoms in total. The molecule has 0 aromatic carbocycles. The van der Waals surface area contributed by atoms with E-state index in [-0.39, 0.29) is 11.8 Å². The van der Waals surface area contributed by atoms with Crippen LogP contribution in [0.25, 0.3) is 0 Å². The Hall–Kier alpha value is -1.22. The number of rotatable bonds is 4. The fourth-order valence-electron chi connectivity index (χ4n) is 1.25. The molecule has 0 amide bonds. The van der Waals surface area contributed by atoms with Crippen LogP contribution in [0.3, 0.4) is 0 Å². The Bertz CT molecular complexity index is 321. The molecule has 1 aromatic rings. The summed E-state index contributed by atoms with van der Waals surface area (Å²) in [5.41, 5.74) is 7.29. The number of pyridine rings is 1. The minimum atomic E-state index is 0.0796. The van der Waals surface area contributed by atoms with Crippen LogP contribution in [0.5, 0.6) is 0 Å². The molecule has 3 heteroatoms. The molecule has 0 aliphatic carbocycles. The van der Waals surface area contributed by atoms with E-state index in [2.05, 4.69) is 4.98 Å². The van der Waals surface area contributed by atoms with Gasteiger partial charge >= 0.3 is 0 Å². The zero-order valence-corrected chi connectivity index (χ0v) is 8.66. The molecule has 0 fully saturated rings. The predicted octanol–water partition coefficient (Wildman–Crippen LogP) is 1.70. The zero-order chi connectivity index (χ0) is 10.6. The van der Waals surface area contributed by atoms with Crippen LogP contribution in [0.1, 0.15) is 35.7 Å². The van der Waals surface area contributed by atoms with Crippen molar-refractivity contribution in [2.45, 2.75) is 32.7 Å². The van der Waals surface area contributed by atoms with Crippen molar-refractivity contribution >= 4 is 5.78 Å². The minimum Gasteiger partial charge on any atom is -0.328 e. The van der Waals surface area contributed by atoms with E-state index >= 15 is 0 Å². The van der Waals surface area contributed by atoms with E-state index in [0.717, 1.165) is 12.0 Å². The van der Waals surface area contributed by atoms with Crippen molar-refractivity contribution in [2.75, 3.05) is 0 Å². The largest absolute Gasteiger partial charge is 0.328 e. The van der Waals surface area contributed by atoms with Gasteiger partial charge < -0.3 is 5.73 Å². The molecule has 1 atom stereocenters. The monoisotopic (exact) mass is 192 g/mol. The van der Waals surface area contributed by atoms with Gasteiger partial charge in [-0.15, -0.1) is 0 Å². The second kappa shape index (κ2) is 4.86. The maximum absolute atomic E-state index is 11.7. The molecule has 0 aliphatic rings. The van der Waals surface area contributed by atoms with Crippen LogP contribution in [0, 0.1) is 6.92 Å².